The van der Waals surface area contributed by atoms with Gasteiger partial charge in [0.1, 0.15) is 0 Å². The molecule has 1 saturated heterocycles. The number of nitrogens with zero attached hydrogens (tertiary/aromatic N) is 3. The molecule has 1 unspecified atom stereocenters. The summed E-state index contributed by atoms with van der Waals surface area (Å²) >= 11 is 0. The highest BCUT2D eigenvalue weighted by atomic mass is 16.3. The largest absolute Gasteiger partial charge is 0.394 e. The molecule has 1 aliphatic rings. The number of hydrogen-bond donors (Lipinski definition) is 1. The maximum absolute atomic E-state index is 9.43. The summed E-state index contributed by atoms with van der Waals surface area (Å²) in [5.74, 6) is 0.904. The van der Waals surface area contributed by atoms with Gasteiger partial charge in [0.05, 0.1) is 18.8 Å². The third-order valence-electron chi connectivity index (χ3n) is 3.16. The molecule has 1 fully saturated rings. The molecule has 16 heavy (non-hydrogen) atoms. The Balaban J connectivity index is 2.21. The predicted molar refractivity (Wildman–Crippen MR) is 63.5 cm³/mol. The van der Waals surface area contributed by atoms with Gasteiger partial charge in [-0.15, -0.1) is 5.10 Å². The van der Waals surface area contributed by atoms with Crippen molar-refractivity contribution >= 4 is 5.82 Å². The van der Waals surface area contributed by atoms with Crippen molar-refractivity contribution < 1.29 is 5.11 Å². The maximum atomic E-state index is 9.43. The first-order valence-electron chi connectivity index (χ1n) is 5.98. The highest BCUT2D eigenvalue weighted by Gasteiger charge is 2.21. The van der Waals surface area contributed by atoms with Gasteiger partial charge in [-0.3, -0.25) is 0 Å². The second-order valence-electron chi connectivity index (χ2n) is 4.47. The number of anilines is 1. The van der Waals surface area contributed by atoms with E-state index in [0.717, 1.165) is 24.3 Å². The van der Waals surface area contributed by atoms with E-state index in [1.165, 1.54) is 19.3 Å². The summed E-state index contributed by atoms with van der Waals surface area (Å²) in [4.78, 5) is 2.20. The summed E-state index contributed by atoms with van der Waals surface area (Å²) in [5.41, 5.74) is 1.12. The van der Waals surface area contributed by atoms with E-state index >= 15 is 0 Å². The molecule has 0 aromatic carbocycles. The Morgan fingerprint density at radius 2 is 2.31 bits per heavy atom. The van der Waals surface area contributed by atoms with Crippen LogP contribution in [-0.2, 0) is 0 Å². The van der Waals surface area contributed by atoms with Gasteiger partial charge in [0.25, 0.3) is 0 Å². The molecule has 0 aliphatic carbocycles. The Morgan fingerprint density at radius 3 is 3.06 bits per heavy atom. The quantitative estimate of drug-likeness (QED) is 0.822. The summed E-state index contributed by atoms with van der Waals surface area (Å²) in [6, 6.07) is 2.25. The van der Waals surface area contributed by atoms with Gasteiger partial charge in [0.15, 0.2) is 5.82 Å². The Hall–Kier alpha value is -1.16. The van der Waals surface area contributed by atoms with E-state index in [0.29, 0.717) is 0 Å². The predicted octanol–water partition coefficient (Wildman–Crippen LogP) is 1.53. The van der Waals surface area contributed by atoms with E-state index in [9.17, 15) is 5.11 Å². The minimum atomic E-state index is 0.204. The summed E-state index contributed by atoms with van der Waals surface area (Å²) in [6.45, 7) is 3.20. The Labute approximate surface area is 96.3 Å². The topological polar surface area (TPSA) is 49.2 Å². The van der Waals surface area contributed by atoms with Gasteiger partial charge in [-0.1, -0.05) is 12.8 Å². The van der Waals surface area contributed by atoms with Crippen LogP contribution in [0.2, 0.25) is 0 Å². The number of aliphatic hydroxyl groups is 1. The molecule has 1 N–H and O–H groups in total. The van der Waals surface area contributed by atoms with Gasteiger partial charge in [0, 0.05) is 6.54 Å². The van der Waals surface area contributed by atoms with Crippen LogP contribution in [0.5, 0.6) is 0 Å². The van der Waals surface area contributed by atoms with Gasteiger partial charge < -0.3 is 10.0 Å². The van der Waals surface area contributed by atoms with Gasteiger partial charge in [0.2, 0.25) is 0 Å². The number of aromatic nitrogens is 2. The highest BCUT2D eigenvalue weighted by Crippen LogP contribution is 2.22. The van der Waals surface area contributed by atoms with Crippen LogP contribution in [0.1, 0.15) is 31.2 Å². The van der Waals surface area contributed by atoms with Gasteiger partial charge in [-0.25, -0.2) is 0 Å². The van der Waals surface area contributed by atoms with Crippen molar-refractivity contribution in [2.24, 2.45) is 0 Å². The van der Waals surface area contributed by atoms with Crippen molar-refractivity contribution in [3.8, 4) is 0 Å². The van der Waals surface area contributed by atoms with E-state index in [1.807, 2.05) is 13.0 Å². The van der Waals surface area contributed by atoms with Crippen molar-refractivity contribution in [3.05, 3.63) is 17.8 Å². The lowest BCUT2D eigenvalue weighted by Gasteiger charge is -2.29. The Kier molecular flexibility index (Phi) is 3.72. The van der Waals surface area contributed by atoms with E-state index in [4.69, 9.17) is 0 Å². The van der Waals surface area contributed by atoms with Crippen molar-refractivity contribution in [3.63, 3.8) is 0 Å². The van der Waals surface area contributed by atoms with Crippen LogP contribution in [0, 0.1) is 6.92 Å². The van der Waals surface area contributed by atoms with Crippen LogP contribution in [-0.4, -0.2) is 34.5 Å². The van der Waals surface area contributed by atoms with Crippen molar-refractivity contribution in [2.45, 2.75) is 38.6 Å². The van der Waals surface area contributed by atoms with Crippen molar-refractivity contribution in [1.29, 1.82) is 0 Å². The molecule has 1 aliphatic heterocycles. The second kappa shape index (κ2) is 5.25. The lowest BCUT2D eigenvalue weighted by atomic mass is 10.1. The summed E-state index contributed by atoms with van der Waals surface area (Å²) in [7, 11) is 0. The first-order chi connectivity index (χ1) is 7.81. The molecule has 0 radical (unpaired) electrons. The molecular weight excluding hydrogens is 202 g/mol. The Bertz CT molecular complexity index is 343. The molecule has 1 aromatic heterocycles. The van der Waals surface area contributed by atoms with Crippen LogP contribution < -0.4 is 4.90 Å². The van der Waals surface area contributed by atoms with Crippen molar-refractivity contribution in [2.75, 3.05) is 18.1 Å². The van der Waals surface area contributed by atoms with Gasteiger partial charge in [-0.05, 0) is 31.4 Å². The zero-order valence-electron chi connectivity index (χ0n) is 9.76. The Morgan fingerprint density at radius 1 is 1.44 bits per heavy atom. The molecule has 0 saturated carbocycles. The molecule has 2 rings (SSSR count). The molecule has 4 nitrogen and oxygen atoms in total. The average molecular weight is 221 g/mol. The van der Waals surface area contributed by atoms with Crippen LogP contribution >= 0.6 is 0 Å². The molecule has 1 aromatic rings. The molecule has 0 spiro atoms. The molecule has 88 valence electrons. The zero-order chi connectivity index (χ0) is 11.4. The lowest BCUT2D eigenvalue weighted by molar-refractivity contribution is 0.254. The first-order valence-corrected chi connectivity index (χ1v) is 5.98. The summed E-state index contributed by atoms with van der Waals surface area (Å²) in [6.07, 6.45) is 6.42. The third kappa shape index (κ3) is 2.50. The second-order valence-corrected chi connectivity index (χ2v) is 4.47. The van der Waals surface area contributed by atoms with Crippen LogP contribution in [0.15, 0.2) is 12.3 Å². The number of aliphatic hydroxyl groups excluding tert-OH is 1. The third-order valence-corrected chi connectivity index (χ3v) is 3.16. The highest BCUT2D eigenvalue weighted by molar-refractivity contribution is 5.40. The fourth-order valence-electron chi connectivity index (χ4n) is 2.26. The number of hydrogen-bond acceptors (Lipinski definition) is 4. The maximum Gasteiger partial charge on any atom is 0.151 e. The molecular formula is C12H19N3O. The number of rotatable bonds is 2. The zero-order valence-corrected chi connectivity index (χ0v) is 9.76. The minimum absolute atomic E-state index is 0.204. The summed E-state index contributed by atoms with van der Waals surface area (Å²) < 4.78 is 0. The average Bonchev–Trinajstić information content (AvgIpc) is 2.53. The van der Waals surface area contributed by atoms with E-state index in [2.05, 4.69) is 15.1 Å². The van der Waals surface area contributed by atoms with Crippen LogP contribution in [0.25, 0.3) is 0 Å². The molecule has 2 heterocycles. The monoisotopic (exact) mass is 221 g/mol. The molecule has 4 heteroatoms. The molecule has 1 atom stereocenters. The lowest BCUT2D eigenvalue weighted by Crippen LogP contribution is -2.38. The van der Waals surface area contributed by atoms with Crippen LogP contribution in [0.4, 0.5) is 5.82 Å². The number of aryl methyl sites for hydroxylation is 1. The van der Waals surface area contributed by atoms with E-state index < -0.39 is 0 Å². The van der Waals surface area contributed by atoms with Crippen LogP contribution in [0.3, 0.4) is 0 Å². The van der Waals surface area contributed by atoms with E-state index in [-0.39, 0.29) is 12.6 Å². The minimum Gasteiger partial charge on any atom is -0.394 e. The fraction of sp³-hybridized carbons (Fsp3) is 0.667. The smallest absolute Gasteiger partial charge is 0.151 e. The first kappa shape index (κ1) is 11.3. The fourth-order valence-corrected chi connectivity index (χ4v) is 2.26. The standard InChI is InChI=1S/C12H19N3O/c1-10-7-12(14-13-8-10)15-6-4-2-3-5-11(15)9-16/h7-8,11,16H,2-6,9H2,1H3. The SMILES string of the molecule is Cc1cnnc(N2CCCCCC2CO)c1. The normalized spacial score (nSPS) is 21.9. The van der Waals surface area contributed by atoms with Gasteiger partial charge >= 0.3 is 0 Å². The molecule has 0 amide bonds. The summed E-state index contributed by atoms with van der Waals surface area (Å²) in [5, 5.41) is 17.6. The van der Waals surface area contributed by atoms with Gasteiger partial charge in [-0.2, -0.15) is 5.10 Å². The van der Waals surface area contributed by atoms with E-state index in [1.54, 1.807) is 6.20 Å². The van der Waals surface area contributed by atoms with Crippen molar-refractivity contribution in [1.82, 2.24) is 10.2 Å². The molecule has 0 bridgehead atoms.